The molecule has 14 nitrogen and oxygen atoms in total. The van der Waals surface area contributed by atoms with Crippen LogP contribution in [0.1, 0.15) is 86.2 Å². The number of benzene rings is 2. The molecule has 21 heteroatoms. The second-order valence-electron chi connectivity index (χ2n) is 17.0. The third-order valence-corrected chi connectivity index (χ3v) is 12.6. The van der Waals surface area contributed by atoms with Gasteiger partial charge in [-0.1, -0.05) is 6.07 Å². The average Bonchev–Trinajstić information content (AvgIpc) is 4.05. The van der Waals surface area contributed by atoms with Gasteiger partial charge in [-0.3, -0.25) is 38.3 Å². The third-order valence-electron chi connectivity index (χ3n) is 12.6. The lowest BCUT2D eigenvalue weighted by molar-refractivity contribution is -0.144. The summed E-state index contributed by atoms with van der Waals surface area (Å²) in [6.45, 7) is 6.22. The molecule has 0 aliphatic carbocycles. The van der Waals surface area contributed by atoms with Crippen LogP contribution in [0.15, 0.2) is 72.9 Å². The predicted molar refractivity (Wildman–Crippen MR) is 235 cm³/mol. The summed E-state index contributed by atoms with van der Waals surface area (Å²) in [6.07, 6.45) is -6.45. The summed E-state index contributed by atoms with van der Waals surface area (Å²) in [7, 11) is 5.86. The number of rotatable bonds is 4. The first kappa shape index (κ1) is 45.7. The topological polar surface area (TPSA) is 138 Å². The van der Waals surface area contributed by atoms with Gasteiger partial charge < -0.3 is 9.80 Å². The molecule has 2 aromatic carbocycles. The number of alkyl halides is 6. The molecule has 10 rings (SSSR count). The molecule has 0 unspecified atom stereocenters. The standard InChI is InChI=1S/C24H22F4N6O.C23H21F3N6O/c1-12-9-17(16-10-14(25)5-6-18(16)29-12)23(35)34-8-7-15-21(13(34)2)31-33(4)22(15)19-11-20(24(26,27)28)32(3)30-19;1-13-20-16(21(31(3)29-20)18-12-19(23(24,25)26)30(2)28-18)8-10-32(13)22(33)15-6-7-17-14(11-15)5-4-9-27-17/h5-6,9-11,13H,7-8H2,1-4H3;4-7,9,11-13H,8,10H2,1-3H3/t2*13-/m00/s1. The van der Waals surface area contributed by atoms with Crippen molar-refractivity contribution in [2.75, 3.05) is 13.1 Å². The van der Waals surface area contributed by atoms with Gasteiger partial charge >= 0.3 is 12.4 Å². The Morgan fingerprint density at radius 2 is 1.16 bits per heavy atom. The Kier molecular flexibility index (Phi) is 11.2. The fraction of sp³-hybridized carbons (Fsp3) is 0.319. The van der Waals surface area contributed by atoms with Gasteiger partial charge in [0.2, 0.25) is 0 Å². The summed E-state index contributed by atoms with van der Waals surface area (Å²) in [5.74, 6) is -0.869. The van der Waals surface area contributed by atoms with E-state index < -0.39 is 35.6 Å². The van der Waals surface area contributed by atoms with Gasteiger partial charge in [0.15, 0.2) is 0 Å². The number of aromatic nitrogens is 10. The highest BCUT2D eigenvalue weighted by Gasteiger charge is 2.40. The van der Waals surface area contributed by atoms with E-state index in [0.717, 1.165) is 43.5 Å². The minimum absolute atomic E-state index is 0.122. The Bertz CT molecular complexity index is 3310. The maximum atomic E-state index is 14.0. The molecule has 2 aliphatic rings. The van der Waals surface area contributed by atoms with Crippen molar-refractivity contribution in [3.8, 4) is 22.8 Å². The van der Waals surface area contributed by atoms with Gasteiger partial charge in [0.1, 0.15) is 28.6 Å². The van der Waals surface area contributed by atoms with Gasteiger partial charge in [-0.15, -0.1) is 0 Å². The zero-order valence-electron chi connectivity index (χ0n) is 37.7. The molecule has 352 valence electrons. The van der Waals surface area contributed by atoms with Crippen LogP contribution >= 0.6 is 0 Å². The van der Waals surface area contributed by atoms with E-state index in [4.69, 9.17) is 0 Å². The largest absolute Gasteiger partial charge is 0.433 e. The van der Waals surface area contributed by atoms with E-state index in [9.17, 15) is 40.3 Å². The average molecular weight is 941 g/mol. The highest BCUT2D eigenvalue weighted by molar-refractivity contribution is 6.06. The van der Waals surface area contributed by atoms with E-state index >= 15 is 0 Å². The van der Waals surface area contributed by atoms with Crippen molar-refractivity contribution in [2.45, 2.75) is 58.0 Å². The van der Waals surface area contributed by atoms with Crippen LogP contribution in [0.4, 0.5) is 30.7 Å². The first-order chi connectivity index (χ1) is 32.1. The molecule has 0 saturated heterocycles. The molecule has 8 aromatic rings. The minimum Gasteiger partial charge on any atom is -0.330 e. The zero-order chi connectivity index (χ0) is 48.7. The van der Waals surface area contributed by atoms with Crippen LogP contribution in [-0.4, -0.2) is 83.8 Å². The number of nitrogens with zero attached hydrogens (tertiary/aromatic N) is 12. The van der Waals surface area contributed by atoms with Crippen molar-refractivity contribution in [3.05, 3.63) is 129 Å². The molecule has 0 fully saturated rings. The number of fused-ring (bicyclic) bond motifs is 4. The van der Waals surface area contributed by atoms with Crippen LogP contribution in [0.25, 0.3) is 44.6 Å². The van der Waals surface area contributed by atoms with E-state index in [1.807, 2.05) is 38.1 Å². The highest BCUT2D eigenvalue weighted by Crippen LogP contribution is 2.40. The monoisotopic (exact) mass is 940 g/mol. The van der Waals surface area contributed by atoms with E-state index in [2.05, 4.69) is 30.4 Å². The summed E-state index contributed by atoms with van der Waals surface area (Å²) >= 11 is 0. The molecule has 68 heavy (non-hydrogen) atoms. The number of carbonyl (C=O) groups excluding carboxylic acids is 2. The lowest BCUT2D eigenvalue weighted by Crippen LogP contribution is -2.39. The van der Waals surface area contributed by atoms with Gasteiger partial charge in [-0.2, -0.15) is 46.7 Å². The summed E-state index contributed by atoms with van der Waals surface area (Å²) in [4.78, 5) is 39.0. The molecule has 0 spiro atoms. The summed E-state index contributed by atoms with van der Waals surface area (Å²) in [5.41, 5.74) is 5.50. The molecule has 2 atom stereocenters. The van der Waals surface area contributed by atoms with Crippen molar-refractivity contribution in [1.82, 2.24) is 58.9 Å². The lowest BCUT2D eigenvalue weighted by atomic mass is 9.96. The molecular weight excluding hydrogens is 898 g/mol. The quantitative estimate of drug-likeness (QED) is 0.160. The Morgan fingerprint density at radius 1 is 0.632 bits per heavy atom. The number of hydrogen-bond donors (Lipinski definition) is 0. The van der Waals surface area contributed by atoms with Crippen molar-refractivity contribution in [3.63, 3.8) is 0 Å². The highest BCUT2D eigenvalue weighted by atomic mass is 19.4. The third kappa shape index (κ3) is 8.01. The number of carbonyl (C=O) groups is 2. The molecular formula is C47H43F7N12O2. The fourth-order valence-corrected chi connectivity index (χ4v) is 9.42. The first-order valence-corrected chi connectivity index (χ1v) is 21.5. The molecule has 0 bridgehead atoms. The molecule has 8 heterocycles. The zero-order valence-corrected chi connectivity index (χ0v) is 37.7. The van der Waals surface area contributed by atoms with Crippen LogP contribution in [0, 0.1) is 12.7 Å². The van der Waals surface area contributed by atoms with Crippen LogP contribution in [-0.2, 0) is 53.4 Å². The number of pyridine rings is 2. The van der Waals surface area contributed by atoms with Gasteiger partial charge in [-0.25, -0.2) is 4.39 Å². The Labute approximate surface area is 383 Å². The number of hydrogen-bond acceptors (Lipinski definition) is 8. The van der Waals surface area contributed by atoms with Crippen molar-refractivity contribution in [1.29, 1.82) is 0 Å². The van der Waals surface area contributed by atoms with Gasteiger partial charge in [-0.05, 0) is 94.3 Å². The van der Waals surface area contributed by atoms with Gasteiger partial charge in [0, 0.05) is 80.6 Å². The summed E-state index contributed by atoms with van der Waals surface area (Å²) in [6, 6.07) is 16.2. The van der Waals surface area contributed by atoms with Gasteiger partial charge in [0.25, 0.3) is 11.8 Å². The lowest BCUT2D eigenvalue weighted by Gasteiger charge is -2.33. The number of aryl methyl sites for hydroxylation is 5. The molecule has 0 N–H and O–H groups in total. The normalized spacial score (nSPS) is 16.2. The smallest absolute Gasteiger partial charge is 0.330 e. The van der Waals surface area contributed by atoms with E-state index in [1.165, 1.54) is 30.9 Å². The van der Waals surface area contributed by atoms with Crippen LogP contribution in [0.5, 0.6) is 0 Å². The second kappa shape index (κ2) is 16.7. The number of halogens is 7. The Balaban J connectivity index is 0.000000170. The Morgan fingerprint density at radius 3 is 1.69 bits per heavy atom. The number of amides is 2. The summed E-state index contributed by atoms with van der Waals surface area (Å²) in [5, 5.41) is 18.6. The molecule has 2 amide bonds. The van der Waals surface area contributed by atoms with Crippen LogP contribution in [0.3, 0.4) is 0 Å². The molecule has 0 radical (unpaired) electrons. The van der Waals surface area contributed by atoms with Crippen LogP contribution in [0.2, 0.25) is 0 Å². The maximum Gasteiger partial charge on any atom is 0.433 e. The van der Waals surface area contributed by atoms with E-state index in [-0.39, 0.29) is 29.2 Å². The fourth-order valence-electron chi connectivity index (χ4n) is 9.42. The second-order valence-corrected chi connectivity index (χ2v) is 17.0. The van der Waals surface area contributed by atoms with Gasteiger partial charge in [0.05, 0.1) is 51.5 Å². The maximum absolute atomic E-state index is 14.0. The van der Waals surface area contributed by atoms with Crippen molar-refractivity contribution < 1.29 is 40.3 Å². The minimum atomic E-state index is -4.53. The Hall–Kier alpha value is -7.45. The SMILES string of the molecule is C[C@H]1c2nn(C)c(-c3cc(C(F)(F)F)n(C)n3)c2CCN1C(=O)c1ccc2ncccc2c1.Cc1cc(C(=O)N2CCc3c(nn(C)c3-c3cc(C(F)(F)F)n(C)n3)[C@@H]2C)c2cc(F)ccc2n1. The van der Waals surface area contributed by atoms with Crippen LogP contribution < -0.4 is 0 Å². The molecule has 6 aromatic heterocycles. The van der Waals surface area contributed by atoms with E-state index in [0.29, 0.717) is 76.4 Å². The molecule has 0 saturated carbocycles. The van der Waals surface area contributed by atoms with Crippen molar-refractivity contribution >= 4 is 33.6 Å². The van der Waals surface area contributed by atoms with Crippen molar-refractivity contribution in [2.24, 2.45) is 28.2 Å². The van der Waals surface area contributed by atoms with E-state index in [1.54, 1.807) is 59.9 Å². The first-order valence-electron chi connectivity index (χ1n) is 21.5. The summed E-state index contributed by atoms with van der Waals surface area (Å²) < 4.78 is 98.4. The predicted octanol–water partition coefficient (Wildman–Crippen LogP) is 8.74. The molecule has 2 aliphatic heterocycles.